The molecule has 0 heterocycles. The topological polar surface area (TPSA) is 35.8 Å². The molecule has 2 rings (SSSR count). The van der Waals surface area contributed by atoms with Gasteiger partial charge in [0.25, 0.3) is 0 Å². The molecule has 0 atom stereocenters. The molecule has 0 bridgehead atoms. The van der Waals surface area contributed by atoms with Crippen molar-refractivity contribution in [3.05, 3.63) is 64.2 Å². The van der Waals surface area contributed by atoms with Crippen LogP contribution in [-0.2, 0) is 6.54 Å². The van der Waals surface area contributed by atoms with Crippen molar-refractivity contribution in [1.82, 2.24) is 0 Å². The number of hydrogen-bond acceptors (Lipinski definition) is 2. The molecule has 0 unspecified atom stereocenters. The summed E-state index contributed by atoms with van der Waals surface area (Å²) in [6.45, 7) is 0.106. The maximum absolute atomic E-state index is 13.6. The third-order valence-corrected chi connectivity index (χ3v) is 2.81. The maximum atomic E-state index is 13.6. The zero-order valence-corrected chi connectivity index (χ0v) is 10.5. The van der Waals surface area contributed by atoms with Gasteiger partial charge < -0.3 is 5.32 Å². The Morgan fingerprint density at radius 2 is 1.89 bits per heavy atom. The summed E-state index contributed by atoms with van der Waals surface area (Å²) in [5.41, 5.74) is 0.784. The number of benzene rings is 2. The van der Waals surface area contributed by atoms with Crippen molar-refractivity contribution in [1.29, 1.82) is 5.26 Å². The summed E-state index contributed by atoms with van der Waals surface area (Å²) in [5.74, 6) is -0.965. The number of hydrogen-bond donors (Lipinski definition) is 1. The summed E-state index contributed by atoms with van der Waals surface area (Å²) >= 11 is 5.76. The Balaban J connectivity index is 2.15. The number of halogens is 3. The second-order valence-corrected chi connectivity index (χ2v) is 4.33. The first-order chi connectivity index (χ1) is 9.10. The van der Waals surface area contributed by atoms with Gasteiger partial charge in [-0.15, -0.1) is 0 Å². The van der Waals surface area contributed by atoms with Gasteiger partial charge in [-0.05, 0) is 36.4 Å². The van der Waals surface area contributed by atoms with Crippen LogP contribution in [0.1, 0.15) is 11.1 Å². The quantitative estimate of drug-likeness (QED) is 0.917. The van der Waals surface area contributed by atoms with E-state index >= 15 is 0 Å². The Labute approximate surface area is 114 Å². The second kappa shape index (κ2) is 5.68. The van der Waals surface area contributed by atoms with E-state index < -0.39 is 11.6 Å². The molecule has 0 aliphatic rings. The highest BCUT2D eigenvalue weighted by molar-refractivity contribution is 6.30. The van der Waals surface area contributed by atoms with Crippen LogP contribution in [0.5, 0.6) is 0 Å². The van der Waals surface area contributed by atoms with Crippen LogP contribution in [0.3, 0.4) is 0 Å². The van der Waals surface area contributed by atoms with Crippen molar-refractivity contribution in [2.45, 2.75) is 6.54 Å². The lowest BCUT2D eigenvalue weighted by molar-refractivity contribution is 0.610. The van der Waals surface area contributed by atoms with Crippen LogP contribution >= 0.6 is 11.6 Å². The van der Waals surface area contributed by atoms with Crippen LogP contribution in [0.4, 0.5) is 14.5 Å². The first-order valence-corrected chi connectivity index (χ1v) is 5.85. The lowest BCUT2D eigenvalue weighted by atomic mass is 10.2. The highest BCUT2D eigenvalue weighted by atomic mass is 35.5. The molecule has 2 aromatic carbocycles. The van der Waals surface area contributed by atoms with E-state index in [0.29, 0.717) is 10.6 Å². The summed E-state index contributed by atoms with van der Waals surface area (Å²) in [6.07, 6.45) is 0. The average Bonchev–Trinajstić information content (AvgIpc) is 2.40. The van der Waals surface area contributed by atoms with Gasteiger partial charge in [0, 0.05) is 17.1 Å². The Bertz CT molecular complexity index is 650. The van der Waals surface area contributed by atoms with Crippen LogP contribution in [0.15, 0.2) is 36.4 Å². The molecular formula is C14H9ClF2N2. The normalized spacial score (nSPS) is 10.0. The van der Waals surface area contributed by atoms with Crippen molar-refractivity contribution >= 4 is 17.3 Å². The summed E-state index contributed by atoms with van der Waals surface area (Å²) < 4.78 is 27.0. The zero-order chi connectivity index (χ0) is 13.8. The summed E-state index contributed by atoms with van der Waals surface area (Å²) in [4.78, 5) is 0. The molecule has 0 aromatic heterocycles. The Morgan fingerprint density at radius 1 is 1.11 bits per heavy atom. The zero-order valence-electron chi connectivity index (χ0n) is 9.75. The lowest BCUT2D eigenvalue weighted by Gasteiger charge is -2.09. The predicted molar refractivity (Wildman–Crippen MR) is 69.9 cm³/mol. The first kappa shape index (κ1) is 13.3. The standard InChI is InChI=1S/C14H9ClF2N2/c15-11-2-3-12(16)10(6-11)8-19-14-4-1-9(7-18)5-13(14)17/h1-6,19H,8H2. The molecule has 96 valence electrons. The molecule has 2 aromatic rings. The van der Waals surface area contributed by atoms with Crippen LogP contribution in [-0.4, -0.2) is 0 Å². The van der Waals surface area contributed by atoms with Gasteiger partial charge in [-0.25, -0.2) is 8.78 Å². The lowest BCUT2D eigenvalue weighted by Crippen LogP contribution is -2.03. The molecule has 0 saturated carbocycles. The fourth-order valence-corrected chi connectivity index (χ4v) is 1.79. The molecule has 0 radical (unpaired) electrons. The third-order valence-electron chi connectivity index (χ3n) is 2.58. The van der Waals surface area contributed by atoms with Gasteiger partial charge >= 0.3 is 0 Å². The van der Waals surface area contributed by atoms with E-state index in [1.54, 1.807) is 0 Å². The molecule has 1 N–H and O–H groups in total. The van der Waals surface area contributed by atoms with Crippen LogP contribution in [0, 0.1) is 23.0 Å². The van der Waals surface area contributed by atoms with E-state index in [4.69, 9.17) is 16.9 Å². The molecule has 0 aliphatic carbocycles. The van der Waals surface area contributed by atoms with E-state index in [2.05, 4.69) is 5.32 Å². The van der Waals surface area contributed by atoms with Crippen molar-refractivity contribution < 1.29 is 8.78 Å². The van der Waals surface area contributed by atoms with E-state index in [1.807, 2.05) is 6.07 Å². The van der Waals surface area contributed by atoms with E-state index in [-0.39, 0.29) is 17.8 Å². The molecule has 5 heteroatoms. The second-order valence-electron chi connectivity index (χ2n) is 3.90. The number of nitrogens with one attached hydrogen (secondary N) is 1. The molecule has 0 fully saturated rings. The monoisotopic (exact) mass is 278 g/mol. The fraction of sp³-hybridized carbons (Fsp3) is 0.0714. The fourth-order valence-electron chi connectivity index (χ4n) is 1.60. The van der Waals surface area contributed by atoms with Gasteiger partial charge in [0.05, 0.1) is 17.3 Å². The molecule has 0 aliphatic heterocycles. The van der Waals surface area contributed by atoms with E-state index in [1.165, 1.54) is 30.3 Å². The Kier molecular flexibility index (Phi) is 3.98. The summed E-state index contributed by atoms with van der Waals surface area (Å²) in [6, 6.07) is 10.1. The van der Waals surface area contributed by atoms with E-state index in [9.17, 15) is 8.78 Å². The van der Waals surface area contributed by atoms with Gasteiger partial charge in [-0.1, -0.05) is 11.6 Å². The number of rotatable bonds is 3. The van der Waals surface area contributed by atoms with Crippen molar-refractivity contribution in [2.75, 3.05) is 5.32 Å². The highest BCUT2D eigenvalue weighted by Crippen LogP contribution is 2.19. The number of nitriles is 1. The first-order valence-electron chi connectivity index (χ1n) is 5.47. The molecular weight excluding hydrogens is 270 g/mol. The van der Waals surface area contributed by atoms with Crippen LogP contribution in [0.2, 0.25) is 5.02 Å². The molecule has 0 saturated heterocycles. The Hall–Kier alpha value is -2.12. The molecule has 0 amide bonds. The van der Waals surface area contributed by atoms with Crippen molar-refractivity contribution in [3.63, 3.8) is 0 Å². The highest BCUT2D eigenvalue weighted by Gasteiger charge is 2.06. The van der Waals surface area contributed by atoms with Gasteiger partial charge in [-0.2, -0.15) is 5.26 Å². The third kappa shape index (κ3) is 3.21. The predicted octanol–water partition coefficient (Wildman–Crippen LogP) is 4.10. The van der Waals surface area contributed by atoms with Crippen LogP contribution < -0.4 is 5.32 Å². The minimum Gasteiger partial charge on any atom is -0.378 e. The average molecular weight is 279 g/mol. The maximum Gasteiger partial charge on any atom is 0.147 e. The summed E-state index contributed by atoms with van der Waals surface area (Å²) in [5, 5.41) is 11.8. The van der Waals surface area contributed by atoms with Gasteiger partial charge in [0.15, 0.2) is 0 Å². The van der Waals surface area contributed by atoms with Crippen LogP contribution in [0.25, 0.3) is 0 Å². The van der Waals surface area contributed by atoms with Gasteiger partial charge in [0.1, 0.15) is 11.6 Å². The minimum atomic E-state index is -0.554. The van der Waals surface area contributed by atoms with Crippen molar-refractivity contribution in [2.24, 2.45) is 0 Å². The van der Waals surface area contributed by atoms with Gasteiger partial charge in [-0.3, -0.25) is 0 Å². The van der Waals surface area contributed by atoms with Crippen molar-refractivity contribution in [3.8, 4) is 6.07 Å². The molecule has 2 nitrogen and oxygen atoms in total. The minimum absolute atomic E-state index is 0.106. The molecule has 0 spiro atoms. The SMILES string of the molecule is N#Cc1ccc(NCc2cc(Cl)ccc2F)c(F)c1. The summed E-state index contributed by atoms with van der Waals surface area (Å²) in [7, 11) is 0. The largest absolute Gasteiger partial charge is 0.378 e. The molecule has 19 heavy (non-hydrogen) atoms. The smallest absolute Gasteiger partial charge is 0.147 e. The van der Waals surface area contributed by atoms with Gasteiger partial charge in [0.2, 0.25) is 0 Å². The Morgan fingerprint density at radius 3 is 2.58 bits per heavy atom. The van der Waals surface area contributed by atoms with E-state index in [0.717, 1.165) is 6.07 Å². The number of nitrogens with zero attached hydrogens (tertiary/aromatic N) is 1. The number of anilines is 1.